The van der Waals surface area contributed by atoms with Gasteiger partial charge >= 0.3 is 0 Å². The van der Waals surface area contributed by atoms with Crippen molar-refractivity contribution in [1.82, 2.24) is 15.0 Å². The Morgan fingerprint density at radius 3 is 2.83 bits per heavy atom. The summed E-state index contributed by atoms with van der Waals surface area (Å²) in [5, 5.41) is 0. The number of aromatic nitrogens is 3. The number of fused-ring (bicyclic) bond motifs is 1. The average molecular weight is 161 g/mol. The van der Waals surface area contributed by atoms with Gasteiger partial charge in [-0.05, 0) is 12.1 Å². The molecular formula is C7H7N5. The molecule has 0 saturated heterocycles. The van der Waals surface area contributed by atoms with Crippen LogP contribution in [0.5, 0.6) is 0 Å². The van der Waals surface area contributed by atoms with Crippen LogP contribution in [0, 0.1) is 0 Å². The predicted molar refractivity (Wildman–Crippen MR) is 45.1 cm³/mol. The largest absolute Gasteiger partial charge is 0.308 e. The third-order valence-electron chi connectivity index (χ3n) is 1.48. The first-order valence-corrected chi connectivity index (χ1v) is 3.44. The summed E-state index contributed by atoms with van der Waals surface area (Å²) in [5.41, 5.74) is 3.79. The first-order chi connectivity index (χ1) is 5.90. The zero-order chi connectivity index (χ0) is 8.39. The molecule has 0 aliphatic rings. The van der Waals surface area contributed by atoms with Gasteiger partial charge in [-0.3, -0.25) is 4.98 Å². The van der Waals surface area contributed by atoms with Crippen molar-refractivity contribution in [3.63, 3.8) is 0 Å². The lowest BCUT2D eigenvalue weighted by Gasteiger charge is -1.98. The monoisotopic (exact) mass is 161 g/mol. The molecule has 3 N–H and O–H groups in total. The van der Waals surface area contributed by atoms with Crippen LogP contribution in [-0.4, -0.2) is 15.0 Å². The van der Waals surface area contributed by atoms with Crippen molar-refractivity contribution >= 4 is 17.0 Å². The fraction of sp³-hybridized carbons (Fsp3) is 0. The molecule has 2 heterocycles. The molecule has 5 heteroatoms. The predicted octanol–water partition coefficient (Wildman–Crippen LogP) is 0.310. The van der Waals surface area contributed by atoms with E-state index < -0.39 is 0 Å². The van der Waals surface area contributed by atoms with Gasteiger partial charge in [0.1, 0.15) is 11.3 Å². The standard InChI is InChI=1S/C7H7N5/c8-12-6-2-1-5-7(11-6)10-4-3-9-5/h1-4H,8H2,(H,10,11,12). The molecule has 2 aromatic heterocycles. The zero-order valence-corrected chi connectivity index (χ0v) is 6.23. The molecule has 2 aromatic rings. The van der Waals surface area contributed by atoms with Gasteiger partial charge in [-0.1, -0.05) is 0 Å². The Labute approximate surface area is 68.6 Å². The molecule has 0 amide bonds. The average Bonchev–Trinajstić information content (AvgIpc) is 2.17. The summed E-state index contributed by atoms with van der Waals surface area (Å²) >= 11 is 0. The van der Waals surface area contributed by atoms with Gasteiger partial charge in [0, 0.05) is 12.4 Å². The topological polar surface area (TPSA) is 76.7 Å². The minimum atomic E-state index is 0.586. The van der Waals surface area contributed by atoms with Crippen molar-refractivity contribution in [1.29, 1.82) is 0 Å². The number of hydrogen-bond acceptors (Lipinski definition) is 5. The number of anilines is 1. The van der Waals surface area contributed by atoms with Crippen molar-refractivity contribution in [3.05, 3.63) is 24.5 Å². The Kier molecular flexibility index (Phi) is 1.56. The lowest BCUT2D eigenvalue weighted by molar-refractivity contribution is 1.19. The van der Waals surface area contributed by atoms with Crippen LogP contribution >= 0.6 is 0 Å². The Hall–Kier alpha value is -1.75. The Bertz CT molecular complexity index is 400. The van der Waals surface area contributed by atoms with Gasteiger partial charge in [-0.25, -0.2) is 15.8 Å². The van der Waals surface area contributed by atoms with E-state index in [2.05, 4.69) is 20.4 Å². The number of nitrogens with two attached hydrogens (primary N) is 1. The van der Waals surface area contributed by atoms with Crippen LogP contribution in [0.2, 0.25) is 0 Å². The minimum Gasteiger partial charge on any atom is -0.308 e. The van der Waals surface area contributed by atoms with Crippen molar-refractivity contribution in [2.75, 3.05) is 5.43 Å². The maximum atomic E-state index is 5.18. The third kappa shape index (κ3) is 1.06. The molecule has 0 fully saturated rings. The summed E-state index contributed by atoms with van der Waals surface area (Å²) in [7, 11) is 0. The van der Waals surface area contributed by atoms with Gasteiger partial charge in [0.05, 0.1) is 0 Å². The van der Waals surface area contributed by atoms with Crippen LogP contribution in [0.3, 0.4) is 0 Å². The summed E-state index contributed by atoms with van der Waals surface area (Å²) < 4.78 is 0. The SMILES string of the molecule is NNc1ccc2nccnc2n1. The highest BCUT2D eigenvalue weighted by Gasteiger charge is 1.96. The summed E-state index contributed by atoms with van der Waals surface area (Å²) in [6.07, 6.45) is 3.22. The molecule has 5 nitrogen and oxygen atoms in total. The molecule has 0 spiro atoms. The van der Waals surface area contributed by atoms with Crippen molar-refractivity contribution in [2.45, 2.75) is 0 Å². The fourth-order valence-corrected chi connectivity index (χ4v) is 0.935. The smallest absolute Gasteiger partial charge is 0.180 e. The lowest BCUT2D eigenvalue weighted by atomic mass is 10.4. The molecule has 0 bridgehead atoms. The maximum absolute atomic E-state index is 5.18. The van der Waals surface area contributed by atoms with Crippen LogP contribution in [0.4, 0.5) is 5.82 Å². The van der Waals surface area contributed by atoms with Crippen LogP contribution in [0.1, 0.15) is 0 Å². The summed E-state index contributed by atoms with van der Waals surface area (Å²) in [6.45, 7) is 0. The third-order valence-corrected chi connectivity index (χ3v) is 1.48. The second-order valence-electron chi connectivity index (χ2n) is 2.24. The van der Waals surface area contributed by atoms with E-state index in [0.29, 0.717) is 11.5 Å². The van der Waals surface area contributed by atoms with E-state index in [-0.39, 0.29) is 0 Å². The second kappa shape index (κ2) is 2.71. The number of hydrazine groups is 1. The molecule has 2 rings (SSSR count). The van der Waals surface area contributed by atoms with E-state index >= 15 is 0 Å². The molecule has 0 unspecified atom stereocenters. The first-order valence-electron chi connectivity index (χ1n) is 3.44. The van der Waals surface area contributed by atoms with E-state index in [1.807, 2.05) is 6.07 Å². The van der Waals surface area contributed by atoms with E-state index in [4.69, 9.17) is 5.84 Å². The number of nitrogen functional groups attached to an aromatic ring is 1. The van der Waals surface area contributed by atoms with Gasteiger partial charge in [-0.15, -0.1) is 0 Å². The van der Waals surface area contributed by atoms with Crippen LogP contribution in [-0.2, 0) is 0 Å². The fourth-order valence-electron chi connectivity index (χ4n) is 0.935. The number of hydrogen-bond donors (Lipinski definition) is 2. The van der Waals surface area contributed by atoms with Gasteiger partial charge in [0.2, 0.25) is 0 Å². The summed E-state index contributed by atoms with van der Waals surface area (Å²) in [5.74, 6) is 5.77. The summed E-state index contributed by atoms with van der Waals surface area (Å²) in [4.78, 5) is 12.2. The minimum absolute atomic E-state index is 0.586. The molecule has 0 saturated carbocycles. The van der Waals surface area contributed by atoms with E-state index in [0.717, 1.165) is 5.52 Å². The quantitative estimate of drug-likeness (QED) is 0.465. The van der Waals surface area contributed by atoms with Gasteiger partial charge in [0.25, 0.3) is 0 Å². The van der Waals surface area contributed by atoms with Gasteiger partial charge < -0.3 is 5.43 Å². The molecule has 0 atom stereocenters. The van der Waals surface area contributed by atoms with E-state index in [1.165, 1.54) is 0 Å². The normalized spacial score (nSPS) is 10.1. The Morgan fingerprint density at radius 1 is 1.17 bits per heavy atom. The van der Waals surface area contributed by atoms with Crippen molar-refractivity contribution < 1.29 is 0 Å². The highest BCUT2D eigenvalue weighted by atomic mass is 15.3. The number of nitrogens with zero attached hydrogens (tertiary/aromatic N) is 3. The van der Waals surface area contributed by atoms with Crippen LogP contribution in [0.25, 0.3) is 11.2 Å². The van der Waals surface area contributed by atoms with Crippen molar-refractivity contribution in [2.24, 2.45) is 5.84 Å². The maximum Gasteiger partial charge on any atom is 0.180 e. The Balaban J connectivity index is 2.67. The number of pyridine rings is 1. The Morgan fingerprint density at radius 2 is 2.00 bits per heavy atom. The molecule has 0 aromatic carbocycles. The molecule has 0 aliphatic heterocycles. The van der Waals surface area contributed by atoms with E-state index in [9.17, 15) is 0 Å². The summed E-state index contributed by atoms with van der Waals surface area (Å²) in [6, 6.07) is 3.56. The number of nitrogens with one attached hydrogen (secondary N) is 1. The van der Waals surface area contributed by atoms with Crippen molar-refractivity contribution in [3.8, 4) is 0 Å². The van der Waals surface area contributed by atoms with E-state index in [1.54, 1.807) is 18.5 Å². The molecular weight excluding hydrogens is 154 g/mol. The van der Waals surface area contributed by atoms with Crippen LogP contribution in [0.15, 0.2) is 24.5 Å². The van der Waals surface area contributed by atoms with Gasteiger partial charge in [0.15, 0.2) is 5.65 Å². The van der Waals surface area contributed by atoms with Gasteiger partial charge in [-0.2, -0.15) is 0 Å². The number of rotatable bonds is 1. The lowest BCUT2D eigenvalue weighted by Crippen LogP contribution is -2.08. The molecule has 12 heavy (non-hydrogen) atoms. The molecule has 0 radical (unpaired) electrons. The highest BCUT2D eigenvalue weighted by Crippen LogP contribution is 2.08. The zero-order valence-electron chi connectivity index (χ0n) is 6.23. The molecule has 60 valence electrons. The highest BCUT2D eigenvalue weighted by molar-refractivity contribution is 5.71. The second-order valence-corrected chi connectivity index (χ2v) is 2.24. The van der Waals surface area contributed by atoms with Crippen LogP contribution < -0.4 is 11.3 Å². The first kappa shape index (κ1) is 6.93. The molecule has 0 aliphatic carbocycles.